The van der Waals surface area contributed by atoms with E-state index in [1.54, 1.807) is 4.90 Å². The van der Waals surface area contributed by atoms with E-state index in [4.69, 9.17) is 17.0 Å². The zero-order valence-corrected chi connectivity index (χ0v) is 14.1. The maximum atomic E-state index is 12.4. The lowest BCUT2D eigenvalue weighted by molar-refractivity contribution is -0.122. The third-order valence-corrected chi connectivity index (χ3v) is 4.27. The van der Waals surface area contributed by atoms with Crippen LogP contribution in [0.2, 0.25) is 0 Å². The summed E-state index contributed by atoms with van der Waals surface area (Å²) >= 11 is 6.63. The Morgan fingerprint density at radius 2 is 2.10 bits per heavy atom. The Hall–Kier alpha value is -1.33. The summed E-state index contributed by atoms with van der Waals surface area (Å²) in [4.78, 5) is 14.7. The van der Waals surface area contributed by atoms with Crippen molar-refractivity contribution >= 4 is 40.3 Å². The van der Waals surface area contributed by atoms with Gasteiger partial charge in [0, 0.05) is 12.1 Å². The molecule has 1 fully saturated rings. The van der Waals surface area contributed by atoms with E-state index in [2.05, 4.69) is 0 Å². The molecule has 112 valence electrons. The van der Waals surface area contributed by atoms with Gasteiger partial charge >= 0.3 is 0 Å². The predicted molar refractivity (Wildman–Crippen MR) is 92.4 cm³/mol. The van der Waals surface area contributed by atoms with E-state index < -0.39 is 0 Å². The van der Waals surface area contributed by atoms with E-state index in [0.717, 1.165) is 17.7 Å². The van der Waals surface area contributed by atoms with Crippen LogP contribution in [-0.2, 0) is 4.79 Å². The van der Waals surface area contributed by atoms with Crippen molar-refractivity contribution in [3.8, 4) is 5.75 Å². The number of hydrogen-bond acceptors (Lipinski definition) is 4. The molecule has 0 aromatic heterocycles. The maximum Gasteiger partial charge on any atom is 0.266 e. The number of hydrogen-bond donors (Lipinski definition) is 0. The second kappa shape index (κ2) is 7.09. The van der Waals surface area contributed by atoms with Gasteiger partial charge < -0.3 is 4.74 Å². The molecule has 5 heteroatoms. The van der Waals surface area contributed by atoms with Crippen molar-refractivity contribution < 1.29 is 9.53 Å². The standard InChI is InChI=1S/C16H19NO2S2/c1-4-9-17-15(18)14(21-16(17)20)10-12-7-5-6-8-13(12)19-11(2)3/h5-8,10-11H,4,9H2,1-3H3/b14-10+. The summed E-state index contributed by atoms with van der Waals surface area (Å²) in [6.07, 6.45) is 2.86. The highest BCUT2D eigenvalue weighted by atomic mass is 32.2. The van der Waals surface area contributed by atoms with Gasteiger partial charge in [-0.1, -0.05) is 49.1 Å². The molecule has 0 spiro atoms. The largest absolute Gasteiger partial charge is 0.490 e. The molecule has 1 saturated heterocycles. The molecule has 0 aliphatic carbocycles. The Morgan fingerprint density at radius 1 is 1.38 bits per heavy atom. The molecule has 0 atom stereocenters. The Labute approximate surface area is 135 Å². The van der Waals surface area contributed by atoms with Gasteiger partial charge in [0.15, 0.2) is 0 Å². The minimum Gasteiger partial charge on any atom is -0.490 e. The third kappa shape index (κ3) is 3.86. The van der Waals surface area contributed by atoms with Crippen molar-refractivity contribution in [1.82, 2.24) is 4.90 Å². The molecule has 2 rings (SSSR count). The van der Waals surface area contributed by atoms with Gasteiger partial charge in [0.2, 0.25) is 0 Å². The summed E-state index contributed by atoms with van der Waals surface area (Å²) in [6, 6.07) is 7.73. The summed E-state index contributed by atoms with van der Waals surface area (Å²) in [5.41, 5.74) is 0.906. The molecule has 1 aliphatic rings. The summed E-state index contributed by atoms with van der Waals surface area (Å²) < 4.78 is 6.42. The van der Waals surface area contributed by atoms with Crippen molar-refractivity contribution in [3.05, 3.63) is 34.7 Å². The molecule has 0 bridgehead atoms. The zero-order chi connectivity index (χ0) is 15.4. The molecule has 0 N–H and O–H groups in total. The fourth-order valence-electron chi connectivity index (χ4n) is 2.02. The van der Waals surface area contributed by atoms with Crippen LogP contribution in [0.4, 0.5) is 0 Å². The minimum atomic E-state index is -0.00815. The number of thioether (sulfide) groups is 1. The Morgan fingerprint density at radius 3 is 2.76 bits per heavy atom. The van der Waals surface area contributed by atoms with Crippen LogP contribution < -0.4 is 4.74 Å². The fraction of sp³-hybridized carbons (Fsp3) is 0.375. The number of ether oxygens (including phenoxy) is 1. The average molecular weight is 321 g/mol. The Balaban J connectivity index is 2.28. The van der Waals surface area contributed by atoms with Gasteiger partial charge in [-0.15, -0.1) is 0 Å². The van der Waals surface area contributed by atoms with Crippen LogP contribution >= 0.6 is 24.0 Å². The number of rotatable bonds is 5. The van der Waals surface area contributed by atoms with E-state index in [1.807, 2.05) is 51.1 Å². The van der Waals surface area contributed by atoms with E-state index in [9.17, 15) is 4.79 Å². The molecule has 0 unspecified atom stereocenters. The lowest BCUT2D eigenvalue weighted by Crippen LogP contribution is -2.28. The second-order valence-corrected chi connectivity index (χ2v) is 6.71. The lowest BCUT2D eigenvalue weighted by atomic mass is 10.2. The fourth-order valence-corrected chi connectivity index (χ4v) is 3.32. The summed E-state index contributed by atoms with van der Waals surface area (Å²) in [6.45, 7) is 6.68. The van der Waals surface area contributed by atoms with Crippen LogP contribution in [-0.4, -0.2) is 27.8 Å². The van der Waals surface area contributed by atoms with Crippen LogP contribution in [0.25, 0.3) is 6.08 Å². The smallest absolute Gasteiger partial charge is 0.266 e. The van der Waals surface area contributed by atoms with Gasteiger partial charge in [0.25, 0.3) is 5.91 Å². The molecule has 0 radical (unpaired) electrons. The highest BCUT2D eigenvalue weighted by Gasteiger charge is 2.31. The van der Waals surface area contributed by atoms with E-state index in [1.165, 1.54) is 11.8 Å². The summed E-state index contributed by atoms with van der Waals surface area (Å²) in [5, 5.41) is 0. The number of amides is 1. The second-order valence-electron chi connectivity index (χ2n) is 5.04. The number of para-hydroxylation sites is 1. The van der Waals surface area contributed by atoms with E-state index in [0.29, 0.717) is 15.8 Å². The number of carbonyl (C=O) groups excluding carboxylic acids is 1. The lowest BCUT2D eigenvalue weighted by Gasteiger charge is -2.13. The highest BCUT2D eigenvalue weighted by Crippen LogP contribution is 2.34. The normalized spacial score (nSPS) is 17.1. The molecule has 1 heterocycles. The molecule has 21 heavy (non-hydrogen) atoms. The van der Waals surface area contributed by atoms with Gasteiger partial charge in [0.05, 0.1) is 11.0 Å². The molecule has 3 nitrogen and oxygen atoms in total. The van der Waals surface area contributed by atoms with Crippen molar-refractivity contribution in [2.45, 2.75) is 33.3 Å². The number of nitrogens with zero attached hydrogens (tertiary/aromatic N) is 1. The molecular formula is C16H19NO2S2. The number of thiocarbonyl (C=S) groups is 1. The van der Waals surface area contributed by atoms with E-state index in [-0.39, 0.29) is 12.0 Å². The molecule has 1 aromatic rings. The van der Waals surface area contributed by atoms with Crippen LogP contribution in [0.3, 0.4) is 0 Å². The van der Waals surface area contributed by atoms with Gasteiger partial charge in [-0.25, -0.2) is 0 Å². The van der Waals surface area contributed by atoms with Gasteiger partial charge in [-0.05, 0) is 32.4 Å². The Bertz CT molecular complexity index is 581. The van der Waals surface area contributed by atoms with Crippen LogP contribution in [0.5, 0.6) is 5.75 Å². The molecule has 1 aromatic carbocycles. The zero-order valence-electron chi connectivity index (χ0n) is 12.5. The average Bonchev–Trinajstić information content (AvgIpc) is 2.69. The van der Waals surface area contributed by atoms with Gasteiger partial charge in [-0.3, -0.25) is 9.69 Å². The first-order chi connectivity index (χ1) is 10.0. The quantitative estimate of drug-likeness (QED) is 0.603. The molecule has 1 aliphatic heterocycles. The highest BCUT2D eigenvalue weighted by molar-refractivity contribution is 8.26. The number of benzene rings is 1. The summed E-state index contributed by atoms with van der Waals surface area (Å²) in [5.74, 6) is 0.777. The SMILES string of the molecule is CCCN1C(=O)/C(=C\c2ccccc2OC(C)C)SC1=S. The van der Waals surface area contributed by atoms with Crippen LogP contribution in [0.1, 0.15) is 32.8 Å². The number of carbonyl (C=O) groups is 1. The molecule has 1 amide bonds. The predicted octanol–water partition coefficient (Wildman–Crippen LogP) is 4.09. The topological polar surface area (TPSA) is 29.5 Å². The summed E-state index contributed by atoms with van der Waals surface area (Å²) in [7, 11) is 0. The van der Waals surface area contributed by atoms with Gasteiger partial charge in [0.1, 0.15) is 10.1 Å². The van der Waals surface area contributed by atoms with Crippen molar-refractivity contribution in [3.63, 3.8) is 0 Å². The van der Waals surface area contributed by atoms with Crippen molar-refractivity contribution in [1.29, 1.82) is 0 Å². The molecular weight excluding hydrogens is 302 g/mol. The van der Waals surface area contributed by atoms with Crippen LogP contribution in [0.15, 0.2) is 29.2 Å². The van der Waals surface area contributed by atoms with E-state index >= 15 is 0 Å². The van der Waals surface area contributed by atoms with Crippen molar-refractivity contribution in [2.24, 2.45) is 0 Å². The van der Waals surface area contributed by atoms with Gasteiger partial charge in [-0.2, -0.15) is 0 Å². The van der Waals surface area contributed by atoms with Crippen molar-refractivity contribution in [2.75, 3.05) is 6.54 Å². The first-order valence-corrected chi connectivity index (χ1v) is 8.26. The van der Waals surface area contributed by atoms with Crippen LogP contribution in [0, 0.1) is 0 Å². The Kier molecular flexibility index (Phi) is 5.42. The third-order valence-electron chi connectivity index (χ3n) is 2.89. The maximum absolute atomic E-state index is 12.4. The minimum absolute atomic E-state index is 0.00815. The first kappa shape index (κ1) is 16.0. The molecule has 0 saturated carbocycles. The monoisotopic (exact) mass is 321 g/mol. The first-order valence-electron chi connectivity index (χ1n) is 7.04.